The molecule has 1 aromatic carbocycles. The van der Waals surface area contributed by atoms with E-state index in [1.165, 1.54) is 0 Å². The van der Waals surface area contributed by atoms with Gasteiger partial charge in [-0.25, -0.2) is 4.98 Å². The van der Waals surface area contributed by atoms with Crippen LogP contribution in [0.3, 0.4) is 0 Å². The third kappa shape index (κ3) is 3.03. The van der Waals surface area contributed by atoms with Gasteiger partial charge in [0.2, 0.25) is 5.95 Å². The van der Waals surface area contributed by atoms with Crippen molar-refractivity contribution in [3.63, 3.8) is 0 Å². The van der Waals surface area contributed by atoms with Gasteiger partial charge in [0.05, 0.1) is 5.69 Å². The Labute approximate surface area is 135 Å². The molecule has 1 aliphatic rings. The summed E-state index contributed by atoms with van der Waals surface area (Å²) in [7, 11) is 2.13. The summed E-state index contributed by atoms with van der Waals surface area (Å²) in [6, 6.07) is 10.0. The minimum Gasteiger partial charge on any atom is -0.382 e. The van der Waals surface area contributed by atoms with E-state index in [1.54, 1.807) is 0 Å². The first-order valence-electron chi connectivity index (χ1n) is 7.45. The number of rotatable bonds is 2. The Kier molecular flexibility index (Phi) is 4.00. The van der Waals surface area contributed by atoms with Gasteiger partial charge in [-0.1, -0.05) is 12.1 Å². The number of nitrogens with zero attached hydrogens (tertiary/aromatic N) is 5. The number of nitrogen functional groups attached to an aromatic ring is 2. The summed E-state index contributed by atoms with van der Waals surface area (Å²) in [4.78, 5) is 12.7. The number of nitriles is 1. The fraction of sp³-hybridized carbons (Fsp3) is 0.312. The lowest BCUT2D eigenvalue weighted by atomic mass is 10.1. The van der Waals surface area contributed by atoms with E-state index in [2.05, 4.69) is 32.9 Å². The van der Waals surface area contributed by atoms with Crippen molar-refractivity contribution in [2.24, 2.45) is 0 Å². The molecule has 0 unspecified atom stereocenters. The fourth-order valence-corrected chi connectivity index (χ4v) is 2.71. The van der Waals surface area contributed by atoms with Crippen molar-refractivity contribution >= 4 is 17.5 Å². The van der Waals surface area contributed by atoms with E-state index < -0.39 is 0 Å². The summed E-state index contributed by atoms with van der Waals surface area (Å²) in [5.74, 6) is 0.179. The highest BCUT2D eigenvalue weighted by Crippen LogP contribution is 2.27. The van der Waals surface area contributed by atoms with E-state index in [0.717, 1.165) is 37.4 Å². The molecule has 23 heavy (non-hydrogen) atoms. The van der Waals surface area contributed by atoms with Crippen molar-refractivity contribution in [3.8, 4) is 17.3 Å². The molecule has 3 rings (SSSR count). The van der Waals surface area contributed by atoms with Crippen LogP contribution in [0.25, 0.3) is 11.3 Å². The molecule has 1 saturated heterocycles. The molecule has 1 fully saturated rings. The summed E-state index contributed by atoms with van der Waals surface area (Å²) < 4.78 is 0. The Balaban J connectivity index is 1.90. The Bertz CT molecular complexity index is 740. The van der Waals surface area contributed by atoms with Gasteiger partial charge < -0.3 is 21.3 Å². The molecule has 2 aromatic rings. The average molecular weight is 309 g/mol. The summed E-state index contributed by atoms with van der Waals surface area (Å²) in [6.07, 6.45) is 0. The summed E-state index contributed by atoms with van der Waals surface area (Å²) in [6.45, 7) is 4.12. The lowest BCUT2D eigenvalue weighted by Gasteiger charge is -2.34. The molecule has 0 amide bonds. The van der Waals surface area contributed by atoms with Gasteiger partial charge in [0.1, 0.15) is 17.5 Å². The first-order chi connectivity index (χ1) is 11.1. The molecule has 0 atom stereocenters. The summed E-state index contributed by atoms with van der Waals surface area (Å²) >= 11 is 0. The average Bonchev–Trinajstić information content (AvgIpc) is 2.55. The van der Waals surface area contributed by atoms with E-state index in [0.29, 0.717) is 5.69 Å². The number of likely N-dealkylation sites (N-methyl/N-ethyl adjacent to an activating group) is 1. The normalized spacial score (nSPS) is 15.4. The predicted octanol–water partition coefficient (Wildman–Crippen LogP) is 0.931. The summed E-state index contributed by atoms with van der Waals surface area (Å²) in [5, 5.41) is 9.27. The van der Waals surface area contributed by atoms with Crippen molar-refractivity contribution in [2.45, 2.75) is 0 Å². The van der Waals surface area contributed by atoms with E-state index in [9.17, 15) is 5.26 Å². The Hall–Kier alpha value is -2.85. The van der Waals surface area contributed by atoms with Crippen LogP contribution < -0.4 is 16.4 Å². The fourth-order valence-electron chi connectivity index (χ4n) is 2.71. The molecule has 2 heterocycles. The molecule has 0 bridgehead atoms. The SMILES string of the molecule is CN1CCN(c2ccc(-c3nc(N)nc(N)c3C#N)cc2)CC1. The Morgan fingerprint density at radius 3 is 2.30 bits per heavy atom. The van der Waals surface area contributed by atoms with Crippen LogP contribution >= 0.6 is 0 Å². The molecule has 4 N–H and O–H groups in total. The number of piperazine rings is 1. The molecule has 0 spiro atoms. The molecule has 7 heteroatoms. The third-order valence-electron chi connectivity index (χ3n) is 4.08. The smallest absolute Gasteiger partial charge is 0.222 e. The van der Waals surface area contributed by atoms with Crippen LogP contribution in [0.2, 0.25) is 0 Å². The second-order valence-corrected chi connectivity index (χ2v) is 5.64. The first kappa shape index (κ1) is 15.1. The van der Waals surface area contributed by atoms with Crippen LogP contribution in [0.1, 0.15) is 5.56 Å². The zero-order valence-electron chi connectivity index (χ0n) is 13.0. The second-order valence-electron chi connectivity index (χ2n) is 5.64. The number of benzene rings is 1. The third-order valence-corrected chi connectivity index (χ3v) is 4.08. The number of anilines is 3. The van der Waals surface area contributed by atoms with Crippen LogP contribution in [-0.4, -0.2) is 48.1 Å². The molecule has 7 nitrogen and oxygen atoms in total. The van der Waals surface area contributed by atoms with E-state index in [-0.39, 0.29) is 17.3 Å². The Morgan fingerprint density at radius 1 is 1.04 bits per heavy atom. The molecular formula is C16H19N7. The highest BCUT2D eigenvalue weighted by Gasteiger charge is 2.16. The van der Waals surface area contributed by atoms with E-state index in [1.807, 2.05) is 24.3 Å². The maximum Gasteiger partial charge on any atom is 0.222 e. The van der Waals surface area contributed by atoms with Crippen LogP contribution in [-0.2, 0) is 0 Å². The van der Waals surface area contributed by atoms with Gasteiger partial charge in [0, 0.05) is 37.4 Å². The maximum absolute atomic E-state index is 9.27. The topological polar surface area (TPSA) is 108 Å². The highest BCUT2D eigenvalue weighted by atomic mass is 15.2. The maximum atomic E-state index is 9.27. The van der Waals surface area contributed by atoms with Crippen LogP contribution in [0, 0.1) is 11.3 Å². The monoisotopic (exact) mass is 309 g/mol. The van der Waals surface area contributed by atoms with E-state index in [4.69, 9.17) is 11.5 Å². The van der Waals surface area contributed by atoms with Gasteiger partial charge in [-0.3, -0.25) is 0 Å². The van der Waals surface area contributed by atoms with Gasteiger partial charge in [-0.15, -0.1) is 0 Å². The molecule has 0 saturated carbocycles. The molecular weight excluding hydrogens is 290 g/mol. The van der Waals surface area contributed by atoms with Crippen molar-refractivity contribution in [2.75, 3.05) is 49.6 Å². The lowest BCUT2D eigenvalue weighted by Crippen LogP contribution is -2.44. The van der Waals surface area contributed by atoms with Gasteiger partial charge >= 0.3 is 0 Å². The highest BCUT2D eigenvalue weighted by molar-refractivity contribution is 5.74. The minimum atomic E-state index is 0.0691. The zero-order chi connectivity index (χ0) is 16.4. The van der Waals surface area contributed by atoms with Crippen molar-refractivity contribution in [3.05, 3.63) is 29.8 Å². The molecule has 0 radical (unpaired) electrons. The zero-order valence-corrected chi connectivity index (χ0v) is 13.0. The number of hydrogen-bond acceptors (Lipinski definition) is 7. The molecule has 1 aromatic heterocycles. The Morgan fingerprint density at radius 2 is 1.70 bits per heavy atom. The lowest BCUT2D eigenvalue weighted by molar-refractivity contribution is 0.313. The van der Waals surface area contributed by atoms with Crippen LogP contribution in [0.4, 0.5) is 17.5 Å². The number of nitrogens with two attached hydrogens (primary N) is 2. The van der Waals surface area contributed by atoms with Gasteiger partial charge in [0.25, 0.3) is 0 Å². The standard InChI is InChI=1S/C16H19N7/c1-22-6-8-23(9-7-22)12-4-2-11(3-5-12)14-13(10-17)15(18)21-16(19)20-14/h2-5H,6-9H2,1H3,(H4,18,19,20,21). The van der Waals surface area contributed by atoms with Gasteiger partial charge in [-0.2, -0.15) is 10.2 Å². The van der Waals surface area contributed by atoms with Gasteiger partial charge in [-0.05, 0) is 19.2 Å². The van der Waals surface area contributed by atoms with Crippen molar-refractivity contribution in [1.29, 1.82) is 5.26 Å². The largest absolute Gasteiger partial charge is 0.382 e. The quantitative estimate of drug-likeness (QED) is 0.849. The van der Waals surface area contributed by atoms with Crippen molar-refractivity contribution in [1.82, 2.24) is 14.9 Å². The van der Waals surface area contributed by atoms with E-state index >= 15 is 0 Å². The number of hydrogen-bond donors (Lipinski definition) is 2. The summed E-state index contributed by atoms with van der Waals surface area (Å²) in [5.41, 5.74) is 14.1. The number of aromatic nitrogens is 2. The minimum absolute atomic E-state index is 0.0691. The predicted molar refractivity (Wildman–Crippen MR) is 90.7 cm³/mol. The second kappa shape index (κ2) is 6.10. The molecule has 1 aliphatic heterocycles. The van der Waals surface area contributed by atoms with Crippen LogP contribution in [0.5, 0.6) is 0 Å². The van der Waals surface area contributed by atoms with Crippen molar-refractivity contribution < 1.29 is 0 Å². The first-order valence-corrected chi connectivity index (χ1v) is 7.45. The molecule has 118 valence electrons. The molecule has 0 aliphatic carbocycles. The van der Waals surface area contributed by atoms with Gasteiger partial charge in [0.15, 0.2) is 0 Å². The van der Waals surface area contributed by atoms with Crippen LogP contribution in [0.15, 0.2) is 24.3 Å².